The molecule has 2 aliphatic rings. The summed E-state index contributed by atoms with van der Waals surface area (Å²) in [5.74, 6) is -0.185. The molecule has 0 bridgehead atoms. The molecule has 1 N–H and O–H groups in total. The third-order valence-corrected chi connectivity index (χ3v) is 4.96. The van der Waals surface area contributed by atoms with E-state index in [0.29, 0.717) is 48.0 Å². The summed E-state index contributed by atoms with van der Waals surface area (Å²) in [7, 11) is -3.29. The van der Waals surface area contributed by atoms with Crippen LogP contribution < -0.4 is 4.72 Å². The van der Waals surface area contributed by atoms with Gasteiger partial charge in [-0.25, -0.2) is 13.1 Å². The molecule has 0 fully saturated rings. The highest BCUT2D eigenvalue weighted by atomic mass is 32.2. The van der Waals surface area contributed by atoms with Crippen LogP contribution >= 0.6 is 0 Å². The Kier molecular flexibility index (Phi) is 3.74. The average molecular weight is 319 g/mol. The molecule has 22 heavy (non-hydrogen) atoms. The smallest absolute Gasteiger partial charge is 0.208 e. The predicted molar refractivity (Wildman–Crippen MR) is 82.4 cm³/mol. The molecule has 6 heteroatoms. The van der Waals surface area contributed by atoms with Crippen LogP contribution in [0.15, 0.2) is 35.4 Å². The Hall–Kier alpha value is -1.79. The molecule has 0 radical (unpaired) electrons. The molecule has 0 atom stereocenters. The monoisotopic (exact) mass is 319 g/mol. The maximum absolute atomic E-state index is 12.6. The molecular weight excluding hydrogens is 302 g/mol. The second-order valence-electron chi connectivity index (χ2n) is 5.83. The van der Waals surface area contributed by atoms with Gasteiger partial charge in [0.05, 0.1) is 6.26 Å². The lowest BCUT2D eigenvalue weighted by Gasteiger charge is -2.19. The van der Waals surface area contributed by atoms with Crippen molar-refractivity contribution in [2.45, 2.75) is 31.7 Å². The lowest BCUT2D eigenvalue weighted by molar-refractivity contribution is 0.0970. The van der Waals surface area contributed by atoms with Crippen molar-refractivity contribution in [3.05, 3.63) is 46.5 Å². The van der Waals surface area contributed by atoms with E-state index in [-0.39, 0.29) is 17.6 Å². The van der Waals surface area contributed by atoms with E-state index in [0.717, 1.165) is 6.26 Å². The Morgan fingerprint density at radius 3 is 1.82 bits per heavy atom. The largest absolute Gasteiger partial charge is 0.289 e. The number of rotatable bonds is 2. The molecule has 116 valence electrons. The van der Waals surface area contributed by atoms with Gasteiger partial charge in [0.15, 0.2) is 11.6 Å². The fourth-order valence-electron chi connectivity index (χ4n) is 3.21. The summed E-state index contributed by atoms with van der Waals surface area (Å²) >= 11 is 0. The lowest BCUT2D eigenvalue weighted by Crippen LogP contribution is -2.33. The summed E-state index contributed by atoms with van der Waals surface area (Å²) in [6, 6.07) is 6.62. The van der Waals surface area contributed by atoms with Crippen LogP contribution in [0.4, 0.5) is 0 Å². The Morgan fingerprint density at radius 1 is 0.955 bits per heavy atom. The number of nitrogens with one attached hydrogen (secondary N) is 1. The van der Waals surface area contributed by atoms with Gasteiger partial charge < -0.3 is 0 Å². The van der Waals surface area contributed by atoms with Crippen molar-refractivity contribution in [1.82, 2.24) is 4.72 Å². The molecular formula is C16H17NO4S. The van der Waals surface area contributed by atoms with E-state index >= 15 is 0 Å². The highest BCUT2D eigenvalue weighted by molar-refractivity contribution is 7.88. The van der Waals surface area contributed by atoms with Crippen LogP contribution in [0.2, 0.25) is 0 Å². The summed E-state index contributed by atoms with van der Waals surface area (Å²) in [5, 5.41) is 0. The standard InChI is InChI=1S/C16H17NO4S/c1-22(20,21)17-10-6-8-13-14(9-7-10)16(19)12-5-3-2-4-11(12)15(13)18/h2-5,10,17H,6-9H2,1H3. The van der Waals surface area contributed by atoms with Gasteiger partial charge in [0, 0.05) is 28.3 Å². The second kappa shape index (κ2) is 5.44. The fourth-order valence-corrected chi connectivity index (χ4v) is 4.05. The van der Waals surface area contributed by atoms with Crippen molar-refractivity contribution in [2.24, 2.45) is 0 Å². The number of carbonyl (C=O) groups excluding carboxylic acids is 2. The van der Waals surface area contributed by atoms with E-state index in [4.69, 9.17) is 0 Å². The van der Waals surface area contributed by atoms with E-state index in [9.17, 15) is 18.0 Å². The van der Waals surface area contributed by atoms with Crippen molar-refractivity contribution in [2.75, 3.05) is 6.26 Å². The Balaban J connectivity index is 1.91. The molecule has 5 nitrogen and oxygen atoms in total. The zero-order chi connectivity index (χ0) is 15.9. The fraction of sp³-hybridized carbons (Fsp3) is 0.375. The highest BCUT2D eigenvalue weighted by Crippen LogP contribution is 2.34. The normalized spacial score (nSPS) is 19.7. The molecule has 0 saturated heterocycles. The Morgan fingerprint density at radius 2 is 1.41 bits per heavy atom. The number of sulfonamides is 1. The third kappa shape index (κ3) is 2.76. The zero-order valence-electron chi connectivity index (χ0n) is 12.3. The van der Waals surface area contributed by atoms with Crippen molar-refractivity contribution in [1.29, 1.82) is 0 Å². The summed E-state index contributed by atoms with van der Waals surface area (Å²) in [4.78, 5) is 25.2. The Labute approximate surface area is 129 Å². The van der Waals surface area contributed by atoms with Gasteiger partial charge in [0.25, 0.3) is 0 Å². The molecule has 0 aromatic heterocycles. The summed E-state index contributed by atoms with van der Waals surface area (Å²) < 4.78 is 25.3. The number of hydrogen-bond acceptors (Lipinski definition) is 4. The van der Waals surface area contributed by atoms with E-state index in [1.807, 2.05) is 0 Å². The van der Waals surface area contributed by atoms with Crippen LogP contribution in [0.25, 0.3) is 0 Å². The molecule has 0 unspecified atom stereocenters. The molecule has 0 heterocycles. The molecule has 1 aromatic carbocycles. The van der Waals surface area contributed by atoms with Crippen LogP contribution in [0.5, 0.6) is 0 Å². The van der Waals surface area contributed by atoms with Gasteiger partial charge in [-0.15, -0.1) is 0 Å². The second-order valence-corrected chi connectivity index (χ2v) is 7.61. The first-order valence-corrected chi connectivity index (χ1v) is 9.13. The minimum Gasteiger partial charge on any atom is -0.289 e. The van der Waals surface area contributed by atoms with Crippen LogP contribution in [-0.2, 0) is 10.0 Å². The minimum absolute atomic E-state index is 0.0924. The number of hydrogen-bond donors (Lipinski definition) is 1. The third-order valence-electron chi connectivity index (χ3n) is 4.20. The van der Waals surface area contributed by atoms with Gasteiger partial charge in [-0.3, -0.25) is 9.59 Å². The molecule has 0 aliphatic heterocycles. The summed E-state index contributed by atoms with van der Waals surface area (Å²) in [6.45, 7) is 0. The van der Waals surface area contributed by atoms with E-state index < -0.39 is 10.0 Å². The van der Waals surface area contributed by atoms with Crippen molar-refractivity contribution in [3.8, 4) is 0 Å². The number of fused-ring (bicyclic) bond motifs is 1. The maximum Gasteiger partial charge on any atom is 0.208 e. The van der Waals surface area contributed by atoms with Gasteiger partial charge in [0.2, 0.25) is 10.0 Å². The topological polar surface area (TPSA) is 80.3 Å². The maximum atomic E-state index is 12.6. The molecule has 3 rings (SSSR count). The zero-order valence-corrected chi connectivity index (χ0v) is 13.1. The number of carbonyl (C=O) groups is 2. The van der Waals surface area contributed by atoms with Gasteiger partial charge in [0.1, 0.15) is 0 Å². The SMILES string of the molecule is CS(=O)(=O)NC1CCC2=C(CC1)C(=O)c1ccccc1C2=O. The van der Waals surface area contributed by atoms with Gasteiger partial charge in [-0.05, 0) is 25.7 Å². The molecule has 2 aliphatic carbocycles. The average Bonchev–Trinajstić information content (AvgIpc) is 2.66. The van der Waals surface area contributed by atoms with E-state index in [2.05, 4.69) is 4.72 Å². The molecule has 1 aromatic rings. The quantitative estimate of drug-likeness (QED) is 0.902. The Bertz CT molecular complexity index is 743. The molecule has 0 saturated carbocycles. The van der Waals surface area contributed by atoms with Crippen molar-refractivity contribution < 1.29 is 18.0 Å². The van der Waals surface area contributed by atoms with Crippen LogP contribution in [-0.4, -0.2) is 32.3 Å². The van der Waals surface area contributed by atoms with E-state index in [1.54, 1.807) is 24.3 Å². The van der Waals surface area contributed by atoms with Gasteiger partial charge in [-0.1, -0.05) is 24.3 Å². The lowest BCUT2D eigenvalue weighted by atomic mass is 9.82. The molecule has 0 amide bonds. The van der Waals surface area contributed by atoms with Crippen LogP contribution in [0.3, 0.4) is 0 Å². The molecule has 0 spiro atoms. The number of benzene rings is 1. The minimum atomic E-state index is -3.29. The number of ketones is 2. The van der Waals surface area contributed by atoms with Gasteiger partial charge >= 0.3 is 0 Å². The highest BCUT2D eigenvalue weighted by Gasteiger charge is 2.34. The first-order chi connectivity index (χ1) is 10.4. The summed E-state index contributed by atoms with van der Waals surface area (Å²) in [5.41, 5.74) is 2.03. The number of Topliss-reactive ketones (excluding diaryl/α,β-unsaturated/α-hetero) is 2. The van der Waals surface area contributed by atoms with Crippen molar-refractivity contribution in [3.63, 3.8) is 0 Å². The van der Waals surface area contributed by atoms with Crippen LogP contribution in [0, 0.1) is 0 Å². The van der Waals surface area contributed by atoms with E-state index in [1.165, 1.54) is 0 Å². The van der Waals surface area contributed by atoms with Gasteiger partial charge in [-0.2, -0.15) is 0 Å². The first kappa shape index (κ1) is 15.1. The first-order valence-electron chi connectivity index (χ1n) is 7.24. The summed E-state index contributed by atoms with van der Waals surface area (Å²) in [6.07, 6.45) is 3.06. The predicted octanol–water partition coefficient (Wildman–Crippen LogP) is 1.85. The van der Waals surface area contributed by atoms with Crippen LogP contribution in [0.1, 0.15) is 46.4 Å². The van der Waals surface area contributed by atoms with Crippen molar-refractivity contribution >= 4 is 21.6 Å². The number of allylic oxidation sites excluding steroid dienone is 2.